The van der Waals surface area contributed by atoms with Gasteiger partial charge in [0.25, 0.3) is 5.91 Å². The average Bonchev–Trinajstić information content (AvgIpc) is 2.66. The SMILES string of the molecule is CCCCCCCCCCCC1NC(=O)NC1=O. The van der Waals surface area contributed by atoms with E-state index in [4.69, 9.17) is 0 Å². The van der Waals surface area contributed by atoms with Crippen LogP contribution in [0.2, 0.25) is 0 Å². The molecule has 1 fully saturated rings. The molecule has 0 saturated carbocycles. The van der Waals surface area contributed by atoms with E-state index in [0.717, 1.165) is 19.3 Å². The Morgan fingerprint density at radius 2 is 1.44 bits per heavy atom. The van der Waals surface area contributed by atoms with Gasteiger partial charge in [0.05, 0.1) is 0 Å². The molecule has 0 aliphatic carbocycles. The first-order chi connectivity index (χ1) is 8.74. The molecule has 0 radical (unpaired) electrons. The Kier molecular flexibility index (Phi) is 7.46. The molecule has 1 aliphatic rings. The second-order valence-corrected chi connectivity index (χ2v) is 5.13. The number of carbonyl (C=O) groups is 2. The summed E-state index contributed by atoms with van der Waals surface area (Å²) in [5.74, 6) is -0.167. The molecule has 104 valence electrons. The van der Waals surface area contributed by atoms with E-state index in [2.05, 4.69) is 17.6 Å². The lowest BCUT2D eigenvalue weighted by Gasteiger charge is -2.06. The third kappa shape index (κ3) is 6.03. The van der Waals surface area contributed by atoms with Gasteiger partial charge in [-0.2, -0.15) is 0 Å². The molecule has 1 unspecified atom stereocenters. The molecular formula is C14H26N2O2. The number of nitrogens with one attached hydrogen (secondary N) is 2. The summed E-state index contributed by atoms with van der Waals surface area (Å²) in [5, 5.41) is 4.89. The summed E-state index contributed by atoms with van der Waals surface area (Å²) in [4.78, 5) is 22.1. The van der Waals surface area contributed by atoms with Crippen LogP contribution in [0.5, 0.6) is 0 Å². The Morgan fingerprint density at radius 3 is 1.94 bits per heavy atom. The molecule has 4 nitrogen and oxygen atoms in total. The maximum Gasteiger partial charge on any atom is 0.322 e. The lowest BCUT2D eigenvalue weighted by Crippen LogP contribution is -2.28. The molecule has 2 N–H and O–H groups in total. The third-order valence-corrected chi connectivity index (χ3v) is 3.45. The van der Waals surface area contributed by atoms with Gasteiger partial charge in [-0.15, -0.1) is 0 Å². The van der Waals surface area contributed by atoms with Gasteiger partial charge < -0.3 is 5.32 Å². The van der Waals surface area contributed by atoms with E-state index in [1.54, 1.807) is 0 Å². The van der Waals surface area contributed by atoms with E-state index in [1.807, 2.05) is 0 Å². The fraction of sp³-hybridized carbons (Fsp3) is 0.857. The summed E-state index contributed by atoms with van der Waals surface area (Å²) in [6, 6.07) is -0.636. The molecule has 0 bridgehead atoms. The number of hydrogen-bond donors (Lipinski definition) is 2. The van der Waals surface area contributed by atoms with Crippen LogP contribution < -0.4 is 10.6 Å². The van der Waals surface area contributed by atoms with Crippen molar-refractivity contribution in [1.82, 2.24) is 10.6 Å². The molecule has 1 saturated heterocycles. The molecule has 1 aliphatic heterocycles. The van der Waals surface area contributed by atoms with E-state index >= 15 is 0 Å². The molecule has 1 rings (SSSR count). The Balaban J connectivity index is 1.87. The lowest BCUT2D eigenvalue weighted by atomic mass is 10.0. The average molecular weight is 254 g/mol. The van der Waals surface area contributed by atoms with E-state index in [0.29, 0.717) is 0 Å². The van der Waals surface area contributed by atoms with E-state index < -0.39 is 0 Å². The Bertz CT molecular complexity index is 267. The number of rotatable bonds is 10. The normalized spacial score (nSPS) is 18.8. The molecule has 1 atom stereocenters. The molecule has 0 aromatic rings. The van der Waals surface area contributed by atoms with Crippen molar-refractivity contribution in [2.24, 2.45) is 0 Å². The van der Waals surface area contributed by atoms with Crippen molar-refractivity contribution in [3.63, 3.8) is 0 Å². The zero-order chi connectivity index (χ0) is 13.2. The lowest BCUT2D eigenvalue weighted by molar-refractivity contribution is -0.120. The standard InChI is InChI=1S/C14H26N2O2/c1-2-3-4-5-6-7-8-9-10-11-12-13(17)16-14(18)15-12/h12H,2-11H2,1H3,(H2,15,16,17,18). The van der Waals surface area contributed by atoms with Gasteiger partial charge in [-0.3, -0.25) is 10.1 Å². The predicted molar refractivity (Wildman–Crippen MR) is 72.3 cm³/mol. The summed E-state index contributed by atoms with van der Waals surface area (Å²) in [6.07, 6.45) is 12.2. The van der Waals surface area contributed by atoms with E-state index in [-0.39, 0.29) is 18.0 Å². The summed E-state index contributed by atoms with van der Waals surface area (Å²) in [6.45, 7) is 2.23. The van der Waals surface area contributed by atoms with Crippen LogP contribution in [0.25, 0.3) is 0 Å². The summed E-state index contributed by atoms with van der Waals surface area (Å²) in [7, 11) is 0. The summed E-state index contributed by atoms with van der Waals surface area (Å²) < 4.78 is 0. The monoisotopic (exact) mass is 254 g/mol. The first-order valence-corrected chi connectivity index (χ1v) is 7.35. The minimum absolute atomic E-state index is 0.167. The number of urea groups is 1. The molecular weight excluding hydrogens is 228 g/mol. The molecule has 0 aromatic carbocycles. The van der Waals surface area contributed by atoms with Gasteiger partial charge in [0, 0.05) is 0 Å². The van der Waals surface area contributed by atoms with Crippen LogP contribution in [-0.2, 0) is 4.79 Å². The molecule has 0 aromatic heterocycles. The zero-order valence-electron chi connectivity index (χ0n) is 11.5. The predicted octanol–water partition coefficient (Wildman–Crippen LogP) is 3.12. The Labute approximate surface area is 110 Å². The highest BCUT2D eigenvalue weighted by molar-refractivity contribution is 6.04. The van der Waals surface area contributed by atoms with E-state index in [1.165, 1.54) is 44.9 Å². The first-order valence-electron chi connectivity index (χ1n) is 7.35. The van der Waals surface area contributed by atoms with Gasteiger partial charge in [0.2, 0.25) is 0 Å². The summed E-state index contributed by atoms with van der Waals surface area (Å²) in [5.41, 5.74) is 0. The molecule has 4 heteroatoms. The van der Waals surface area contributed by atoms with Crippen molar-refractivity contribution in [1.29, 1.82) is 0 Å². The van der Waals surface area contributed by atoms with Gasteiger partial charge in [0.15, 0.2) is 0 Å². The maximum absolute atomic E-state index is 11.3. The first kappa shape index (κ1) is 15.0. The summed E-state index contributed by atoms with van der Waals surface area (Å²) >= 11 is 0. The van der Waals surface area contributed by atoms with Crippen molar-refractivity contribution >= 4 is 11.9 Å². The quantitative estimate of drug-likeness (QED) is 0.465. The van der Waals surface area contributed by atoms with E-state index in [9.17, 15) is 9.59 Å². The molecule has 1 heterocycles. The van der Waals surface area contributed by atoms with Crippen molar-refractivity contribution in [2.75, 3.05) is 0 Å². The zero-order valence-corrected chi connectivity index (χ0v) is 11.5. The van der Waals surface area contributed by atoms with Crippen LogP contribution in [0.3, 0.4) is 0 Å². The second kappa shape index (κ2) is 8.95. The third-order valence-electron chi connectivity index (χ3n) is 3.45. The van der Waals surface area contributed by atoms with Crippen LogP contribution >= 0.6 is 0 Å². The number of hydrogen-bond acceptors (Lipinski definition) is 2. The van der Waals surface area contributed by atoms with Crippen molar-refractivity contribution in [3.8, 4) is 0 Å². The Hall–Kier alpha value is -1.06. The van der Waals surface area contributed by atoms with Crippen LogP contribution in [-0.4, -0.2) is 18.0 Å². The van der Waals surface area contributed by atoms with Crippen LogP contribution in [0.1, 0.15) is 71.1 Å². The number of carbonyl (C=O) groups excluding carboxylic acids is 2. The van der Waals surface area contributed by atoms with Crippen LogP contribution in [0, 0.1) is 0 Å². The van der Waals surface area contributed by atoms with Crippen LogP contribution in [0.4, 0.5) is 4.79 Å². The van der Waals surface area contributed by atoms with Gasteiger partial charge >= 0.3 is 6.03 Å². The maximum atomic E-state index is 11.3. The largest absolute Gasteiger partial charge is 0.326 e. The molecule has 0 spiro atoms. The second-order valence-electron chi connectivity index (χ2n) is 5.13. The Morgan fingerprint density at radius 1 is 0.889 bits per heavy atom. The van der Waals surface area contributed by atoms with Crippen LogP contribution in [0.15, 0.2) is 0 Å². The van der Waals surface area contributed by atoms with Gasteiger partial charge in [-0.1, -0.05) is 64.7 Å². The fourth-order valence-corrected chi connectivity index (χ4v) is 2.32. The van der Waals surface area contributed by atoms with Crippen molar-refractivity contribution in [2.45, 2.75) is 77.2 Å². The highest BCUT2D eigenvalue weighted by Gasteiger charge is 2.28. The molecule has 3 amide bonds. The highest BCUT2D eigenvalue weighted by Crippen LogP contribution is 2.12. The topological polar surface area (TPSA) is 58.2 Å². The van der Waals surface area contributed by atoms with Gasteiger partial charge in [-0.05, 0) is 6.42 Å². The van der Waals surface area contributed by atoms with Crippen molar-refractivity contribution in [3.05, 3.63) is 0 Å². The highest BCUT2D eigenvalue weighted by atomic mass is 16.2. The van der Waals surface area contributed by atoms with Crippen molar-refractivity contribution < 1.29 is 9.59 Å². The smallest absolute Gasteiger partial charge is 0.322 e. The van der Waals surface area contributed by atoms with Gasteiger partial charge in [0.1, 0.15) is 6.04 Å². The number of amides is 3. The minimum atomic E-state index is -0.346. The fourth-order valence-electron chi connectivity index (χ4n) is 2.32. The van der Waals surface area contributed by atoms with Gasteiger partial charge in [-0.25, -0.2) is 4.79 Å². The molecule has 18 heavy (non-hydrogen) atoms. The number of unbranched alkanes of at least 4 members (excludes halogenated alkanes) is 8. The number of imide groups is 1. The minimum Gasteiger partial charge on any atom is -0.326 e.